The fourth-order valence-corrected chi connectivity index (χ4v) is 4.74. The van der Waals surface area contributed by atoms with Gasteiger partial charge in [-0.1, -0.05) is 62.3 Å². The molecule has 6 heteroatoms. The molecule has 3 N–H and O–H groups in total. The standard InChI is InChI=1S/C21H36O6/c1-16(2,3)19(13(22)23)10-20(14(24)25,17(4,5)6)12-21(11-19,15(26)27)18(7,8)9/h10-12H2,1-9H3,(H,22,23)(H,24,25)(H,26,27). The Balaban J connectivity index is 4.07. The summed E-state index contributed by atoms with van der Waals surface area (Å²) in [7, 11) is 0. The molecule has 0 aromatic carbocycles. The van der Waals surface area contributed by atoms with E-state index in [1.807, 2.05) is 0 Å². The van der Waals surface area contributed by atoms with Crippen LogP contribution in [0.1, 0.15) is 81.6 Å². The van der Waals surface area contributed by atoms with Crippen LogP contribution in [0.2, 0.25) is 0 Å². The van der Waals surface area contributed by atoms with E-state index in [2.05, 4.69) is 0 Å². The minimum Gasteiger partial charge on any atom is -0.481 e. The van der Waals surface area contributed by atoms with Gasteiger partial charge < -0.3 is 15.3 Å². The lowest BCUT2D eigenvalue weighted by Crippen LogP contribution is -2.64. The highest BCUT2D eigenvalue weighted by Crippen LogP contribution is 2.68. The monoisotopic (exact) mass is 384 g/mol. The van der Waals surface area contributed by atoms with E-state index in [9.17, 15) is 29.7 Å². The van der Waals surface area contributed by atoms with E-state index < -0.39 is 50.4 Å². The molecular weight excluding hydrogens is 348 g/mol. The highest BCUT2D eigenvalue weighted by Gasteiger charge is 2.71. The molecule has 0 unspecified atom stereocenters. The number of carboxylic acids is 3. The average Bonchev–Trinajstić information content (AvgIpc) is 2.42. The normalized spacial score (nSPS) is 32.8. The van der Waals surface area contributed by atoms with E-state index in [1.54, 1.807) is 62.3 Å². The first-order valence-corrected chi connectivity index (χ1v) is 9.40. The molecule has 1 aliphatic carbocycles. The van der Waals surface area contributed by atoms with Crippen LogP contribution in [0, 0.1) is 32.5 Å². The summed E-state index contributed by atoms with van der Waals surface area (Å²) in [5.74, 6) is -3.38. The molecule has 0 atom stereocenters. The van der Waals surface area contributed by atoms with Crippen molar-refractivity contribution in [3.63, 3.8) is 0 Å². The SMILES string of the molecule is CC(C)(C)C1(C(=O)O)CC(C(=O)O)(C(C)(C)C)CC(C(=O)O)(C(C)(C)C)C1. The molecule has 0 saturated heterocycles. The molecule has 0 aliphatic heterocycles. The molecule has 1 saturated carbocycles. The fourth-order valence-electron chi connectivity index (χ4n) is 4.74. The Kier molecular flexibility index (Phi) is 5.39. The summed E-state index contributed by atoms with van der Waals surface area (Å²) in [4.78, 5) is 37.8. The van der Waals surface area contributed by atoms with Crippen LogP contribution >= 0.6 is 0 Å². The topological polar surface area (TPSA) is 112 Å². The van der Waals surface area contributed by atoms with Crippen molar-refractivity contribution in [3.05, 3.63) is 0 Å². The van der Waals surface area contributed by atoms with E-state index in [-0.39, 0.29) is 19.3 Å². The second-order valence-electron chi connectivity index (χ2n) is 11.4. The Labute approximate surface area is 162 Å². The maximum absolute atomic E-state index is 12.6. The summed E-state index contributed by atoms with van der Waals surface area (Å²) >= 11 is 0. The van der Waals surface area contributed by atoms with E-state index >= 15 is 0 Å². The summed E-state index contributed by atoms with van der Waals surface area (Å²) in [6.45, 7) is 15.8. The average molecular weight is 385 g/mol. The molecule has 0 aromatic heterocycles. The van der Waals surface area contributed by atoms with Gasteiger partial charge in [0, 0.05) is 0 Å². The van der Waals surface area contributed by atoms with E-state index in [1.165, 1.54) is 0 Å². The molecule has 0 amide bonds. The lowest BCUT2D eigenvalue weighted by molar-refractivity contribution is -0.210. The number of rotatable bonds is 3. The van der Waals surface area contributed by atoms with Crippen molar-refractivity contribution in [1.29, 1.82) is 0 Å². The molecule has 0 bridgehead atoms. The van der Waals surface area contributed by atoms with Crippen molar-refractivity contribution >= 4 is 17.9 Å². The molecule has 1 rings (SSSR count). The van der Waals surface area contributed by atoms with Crippen LogP contribution in [0.4, 0.5) is 0 Å². The summed E-state index contributed by atoms with van der Waals surface area (Å²) in [6, 6.07) is 0. The molecule has 27 heavy (non-hydrogen) atoms. The molecule has 0 aromatic rings. The fraction of sp³-hybridized carbons (Fsp3) is 0.857. The first-order chi connectivity index (χ1) is 11.7. The van der Waals surface area contributed by atoms with Crippen molar-refractivity contribution in [3.8, 4) is 0 Å². The molecule has 1 aliphatic rings. The van der Waals surface area contributed by atoms with Crippen LogP contribution in [0.5, 0.6) is 0 Å². The molecule has 6 nitrogen and oxygen atoms in total. The smallest absolute Gasteiger partial charge is 0.310 e. The van der Waals surface area contributed by atoms with Crippen LogP contribution in [-0.2, 0) is 14.4 Å². The van der Waals surface area contributed by atoms with Crippen LogP contribution in [0.25, 0.3) is 0 Å². The molecule has 1 fully saturated rings. The van der Waals surface area contributed by atoms with Crippen LogP contribution in [-0.4, -0.2) is 33.2 Å². The predicted molar refractivity (Wildman–Crippen MR) is 102 cm³/mol. The third kappa shape index (κ3) is 3.25. The molecule has 0 radical (unpaired) electrons. The van der Waals surface area contributed by atoms with Crippen LogP contribution in [0.15, 0.2) is 0 Å². The van der Waals surface area contributed by atoms with Gasteiger partial charge in [0.1, 0.15) is 0 Å². The first-order valence-electron chi connectivity index (χ1n) is 9.40. The number of hydrogen-bond donors (Lipinski definition) is 3. The van der Waals surface area contributed by atoms with Crippen molar-refractivity contribution in [2.75, 3.05) is 0 Å². The van der Waals surface area contributed by atoms with E-state index in [0.29, 0.717) is 0 Å². The summed E-state index contributed by atoms with van der Waals surface area (Å²) < 4.78 is 0. The zero-order chi connectivity index (χ0) is 21.9. The van der Waals surface area contributed by atoms with Crippen LogP contribution in [0.3, 0.4) is 0 Å². The zero-order valence-electron chi connectivity index (χ0n) is 18.2. The van der Waals surface area contributed by atoms with Gasteiger partial charge in [0.05, 0.1) is 16.2 Å². The van der Waals surface area contributed by atoms with Crippen molar-refractivity contribution in [2.24, 2.45) is 32.5 Å². The van der Waals surface area contributed by atoms with Gasteiger partial charge in [-0.2, -0.15) is 0 Å². The highest BCUT2D eigenvalue weighted by atomic mass is 16.4. The molecule has 0 heterocycles. The Hall–Kier alpha value is -1.59. The van der Waals surface area contributed by atoms with E-state index in [0.717, 1.165) is 0 Å². The number of carboxylic acid groups (broad SMARTS) is 3. The number of aliphatic carboxylic acids is 3. The van der Waals surface area contributed by atoms with Crippen molar-refractivity contribution < 1.29 is 29.7 Å². The van der Waals surface area contributed by atoms with Gasteiger partial charge in [0.25, 0.3) is 0 Å². The first kappa shape index (κ1) is 23.4. The van der Waals surface area contributed by atoms with Gasteiger partial charge >= 0.3 is 17.9 Å². The third-order valence-corrected chi connectivity index (χ3v) is 7.35. The minimum atomic E-state index is -1.48. The Morgan fingerprint density at radius 3 is 0.741 bits per heavy atom. The van der Waals surface area contributed by atoms with Crippen molar-refractivity contribution in [1.82, 2.24) is 0 Å². The Morgan fingerprint density at radius 2 is 0.667 bits per heavy atom. The van der Waals surface area contributed by atoms with E-state index in [4.69, 9.17) is 0 Å². The van der Waals surface area contributed by atoms with Gasteiger partial charge in [-0.15, -0.1) is 0 Å². The number of hydrogen-bond acceptors (Lipinski definition) is 3. The van der Waals surface area contributed by atoms with Gasteiger partial charge in [0.2, 0.25) is 0 Å². The lowest BCUT2D eigenvalue weighted by atomic mass is 9.39. The Morgan fingerprint density at radius 1 is 0.519 bits per heavy atom. The van der Waals surface area contributed by atoms with Crippen molar-refractivity contribution in [2.45, 2.75) is 81.6 Å². The quantitative estimate of drug-likeness (QED) is 0.659. The van der Waals surface area contributed by atoms with Gasteiger partial charge in [-0.25, -0.2) is 0 Å². The number of carbonyl (C=O) groups is 3. The molecule has 156 valence electrons. The van der Waals surface area contributed by atoms with Gasteiger partial charge in [-0.05, 0) is 35.5 Å². The molecular formula is C21H36O6. The maximum atomic E-state index is 12.6. The van der Waals surface area contributed by atoms with Gasteiger partial charge in [0.15, 0.2) is 0 Å². The second-order valence-corrected chi connectivity index (χ2v) is 11.4. The largest absolute Gasteiger partial charge is 0.481 e. The van der Waals surface area contributed by atoms with Gasteiger partial charge in [-0.3, -0.25) is 14.4 Å². The lowest BCUT2D eigenvalue weighted by Gasteiger charge is -2.61. The summed E-state index contributed by atoms with van der Waals surface area (Å²) in [5, 5.41) is 30.9. The summed E-state index contributed by atoms with van der Waals surface area (Å²) in [5.41, 5.74) is -6.92. The minimum absolute atomic E-state index is 0.0945. The maximum Gasteiger partial charge on any atom is 0.310 e. The predicted octanol–water partition coefficient (Wildman–Crippen LogP) is 4.52. The highest BCUT2D eigenvalue weighted by molar-refractivity contribution is 5.85. The third-order valence-electron chi connectivity index (χ3n) is 7.35. The van der Waals surface area contributed by atoms with Crippen LogP contribution < -0.4 is 0 Å². The summed E-state index contributed by atoms with van der Waals surface area (Å²) in [6.07, 6.45) is -0.283. The molecule has 0 spiro atoms. The Bertz CT molecular complexity index is 543. The second kappa shape index (κ2) is 6.21. The zero-order valence-corrected chi connectivity index (χ0v) is 18.2.